The minimum absolute atomic E-state index is 0.152. The van der Waals surface area contributed by atoms with Gasteiger partial charge in [-0.05, 0) is 30.5 Å². The van der Waals surface area contributed by atoms with Gasteiger partial charge in [-0.1, -0.05) is 48.5 Å². The zero-order chi connectivity index (χ0) is 20.9. The third kappa shape index (κ3) is 4.43. The molecular weight excluding hydrogens is 378 g/mol. The highest BCUT2D eigenvalue weighted by Crippen LogP contribution is 2.26. The summed E-state index contributed by atoms with van der Waals surface area (Å²) in [4.78, 5) is 12.2. The van der Waals surface area contributed by atoms with Crippen LogP contribution in [0.3, 0.4) is 0 Å². The molecule has 0 fully saturated rings. The molecule has 1 amide bonds. The minimum Gasteiger partial charge on any atom is -0.310 e. The fraction of sp³-hybridized carbons (Fsp3) is 0.227. The van der Waals surface area contributed by atoms with Crippen LogP contribution in [0.25, 0.3) is 22.2 Å². The summed E-state index contributed by atoms with van der Waals surface area (Å²) in [5.74, 6) is 0.331. The first-order chi connectivity index (χ1) is 14.6. The quantitative estimate of drug-likeness (QED) is 0.387. The lowest BCUT2D eigenvalue weighted by atomic mass is 10.1. The van der Waals surface area contributed by atoms with Crippen molar-refractivity contribution in [2.24, 2.45) is 0 Å². The van der Waals surface area contributed by atoms with Crippen LogP contribution in [0.15, 0.2) is 54.7 Å². The van der Waals surface area contributed by atoms with Crippen molar-refractivity contribution in [2.75, 3.05) is 5.32 Å². The normalized spacial score (nSPS) is 11.0. The zero-order valence-electron chi connectivity index (χ0n) is 16.7. The Morgan fingerprint density at radius 3 is 2.80 bits per heavy atom. The highest BCUT2D eigenvalue weighted by Gasteiger charge is 2.12. The van der Waals surface area contributed by atoms with Crippen molar-refractivity contribution in [2.45, 2.75) is 32.7 Å². The fourth-order valence-electron chi connectivity index (χ4n) is 3.18. The smallest absolute Gasteiger partial charge is 0.225 e. The van der Waals surface area contributed by atoms with E-state index in [0.29, 0.717) is 30.9 Å². The maximum Gasteiger partial charge on any atom is 0.225 e. The molecule has 2 heterocycles. The molecule has 2 aromatic carbocycles. The maximum absolute atomic E-state index is 12.2. The number of nitrogens with one attached hydrogen (secondary N) is 3. The Hall–Kier alpha value is -3.81. The number of hydrogen-bond acceptors (Lipinski definition) is 5. The van der Waals surface area contributed by atoms with Gasteiger partial charge in [-0.3, -0.25) is 9.89 Å². The number of anilines is 1. The van der Waals surface area contributed by atoms with E-state index in [0.717, 1.165) is 27.7 Å². The fourth-order valence-corrected chi connectivity index (χ4v) is 3.18. The second-order valence-electron chi connectivity index (χ2n) is 7.12. The number of carbonyl (C=O) groups excluding carboxylic acids is 1. The SMILES string of the molecule is CCC(=N)CCC(=O)Nc1n[nH]c2ccc(-c3cn(Cc4ccccc4)nn3)cc12. The van der Waals surface area contributed by atoms with E-state index in [4.69, 9.17) is 5.41 Å². The number of aromatic amines is 1. The first-order valence-electron chi connectivity index (χ1n) is 9.91. The molecule has 3 N–H and O–H groups in total. The number of hydrogen-bond donors (Lipinski definition) is 3. The Morgan fingerprint density at radius 1 is 1.17 bits per heavy atom. The van der Waals surface area contributed by atoms with Crippen LogP contribution in [0.5, 0.6) is 0 Å². The second kappa shape index (κ2) is 8.69. The van der Waals surface area contributed by atoms with Gasteiger partial charge >= 0.3 is 0 Å². The minimum atomic E-state index is -0.152. The van der Waals surface area contributed by atoms with Crippen molar-refractivity contribution in [3.8, 4) is 11.3 Å². The van der Waals surface area contributed by atoms with Gasteiger partial charge in [0, 0.05) is 23.1 Å². The van der Waals surface area contributed by atoms with Gasteiger partial charge in [0.2, 0.25) is 5.91 Å². The number of aromatic nitrogens is 5. The van der Waals surface area contributed by atoms with Crippen molar-refractivity contribution in [1.29, 1.82) is 5.41 Å². The molecule has 0 radical (unpaired) electrons. The van der Waals surface area contributed by atoms with E-state index in [9.17, 15) is 4.79 Å². The maximum atomic E-state index is 12.2. The van der Waals surface area contributed by atoms with Crippen LogP contribution < -0.4 is 5.32 Å². The molecule has 0 aliphatic heterocycles. The largest absolute Gasteiger partial charge is 0.310 e. The average Bonchev–Trinajstić information content (AvgIpc) is 3.39. The number of rotatable bonds is 8. The third-order valence-electron chi connectivity index (χ3n) is 4.92. The summed E-state index contributed by atoms with van der Waals surface area (Å²) in [6, 6.07) is 15.9. The molecule has 0 aliphatic carbocycles. The summed E-state index contributed by atoms with van der Waals surface area (Å²) in [6.45, 7) is 2.56. The molecule has 0 spiro atoms. The number of nitrogens with zero attached hydrogens (tertiary/aromatic N) is 4. The van der Waals surface area contributed by atoms with Crippen LogP contribution in [0.4, 0.5) is 5.82 Å². The van der Waals surface area contributed by atoms with E-state index in [-0.39, 0.29) is 12.3 Å². The van der Waals surface area contributed by atoms with Crippen LogP contribution in [0, 0.1) is 5.41 Å². The number of H-pyrrole nitrogens is 1. The Bertz CT molecular complexity index is 1180. The third-order valence-corrected chi connectivity index (χ3v) is 4.92. The molecule has 30 heavy (non-hydrogen) atoms. The van der Waals surface area contributed by atoms with Crippen molar-refractivity contribution >= 4 is 28.3 Å². The Morgan fingerprint density at radius 2 is 2.00 bits per heavy atom. The Balaban J connectivity index is 1.51. The summed E-state index contributed by atoms with van der Waals surface area (Å²) < 4.78 is 1.80. The van der Waals surface area contributed by atoms with Gasteiger partial charge < -0.3 is 10.7 Å². The van der Waals surface area contributed by atoms with Crippen LogP contribution in [-0.4, -0.2) is 36.8 Å². The summed E-state index contributed by atoms with van der Waals surface area (Å²) in [5.41, 5.74) is 4.19. The van der Waals surface area contributed by atoms with Crippen LogP contribution in [0.2, 0.25) is 0 Å². The molecule has 2 aromatic heterocycles. The first-order valence-corrected chi connectivity index (χ1v) is 9.91. The molecule has 8 nitrogen and oxygen atoms in total. The topological polar surface area (TPSA) is 112 Å². The molecule has 0 unspecified atom stereocenters. The van der Waals surface area contributed by atoms with Gasteiger partial charge in [0.15, 0.2) is 5.82 Å². The Labute approximate surface area is 173 Å². The molecule has 8 heteroatoms. The average molecular weight is 401 g/mol. The lowest BCUT2D eigenvalue weighted by Gasteiger charge is -2.03. The van der Waals surface area contributed by atoms with E-state index < -0.39 is 0 Å². The summed E-state index contributed by atoms with van der Waals surface area (Å²) in [6.07, 6.45) is 3.30. The van der Waals surface area contributed by atoms with E-state index in [1.54, 1.807) is 4.68 Å². The molecule has 0 atom stereocenters. The molecular formula is C22H23N7O. The molecule has 4 aromatic rings. The van der Waals surface area contributed by atoms with Gasteiger partial charge in [-0.25, -0.2) is 4.68 Å². The molecule has 152 valence electrons. The van der Waals surface area contributed by atoms with Gasteiger partial charge in [-0.2, -0.15) is 5.10 Å². The highest BCUT2D eigenvalue weighted by molar-refractivity contribution is 6.01. The zero-order valence-corrected chi connectivity index (χ0v) is 16.7. The predicted octanol–water partition coefficient (Wildman–Crippen LogP) is 4.02. The van der Waals surface area contributed by atoms with Crippen molar-refractivity contribution < 1.29 is 4.79 Å². The van der Waals surface area contributed by atoms with Crippen LogP contribution >= 0.6 is 0 Å². The summed E-state index contributed by atoms with van der Waals surface area (Å²) in [5, 5.41) is 27.0. The van der Waals surface area contributed by atoms with Gasteiger partial charge in [0.25, 0.3) is 0 Å². The number of fused-ring (bicyclic) bond motifs is 1. The lowest BCUT2D eigenvalue weighted by Crippen LogP contribution is -2.13. The van der Waals surface area contributed by atoms with Crippen molar-refractivity contribution in [3.63, 3.8) is 0 Å². The van der Waals surface area contributed by atoms with E-state index in [1.165, 1.54) is 0 Å². The van der Waals surface area contributed by atoms with E-state index >= 15 is 0 Å². The van der Waals surface area contributed by atoms with Crippen LogP contribution in [-0.2, 0) is 11.3 Å². The van der Waals surface area contributed by atoms with Crippen molar-refractivity contribution in [3.05, 3.63) is 60.3 Å². The Kier molecular flexibility index (Phi) is 5.65. The van der Waals surface area contributed by atoms with Gasteiger partial charge in [0.1, 0.15) is 5.69 Å². The highest BCUT2D eigenvalue weighted by atomic mass is 16.1. The monoisotopic (exact) mass is 401 g/mol. The summed E-state index contributed by atoms with van der Waals surface area (Å²) >= 11 is 0. The number of benzene rings is 2. The predicted molar refractivity (Wildman–Crippen MR) is 117 cm³/mol. The standard InChI is InChI=1S/C22H23N7O/c1-2-17(23)9-11-21(30)24-22-18-12-16(8-10-19(18)25-27-22)20-14-29(28-26-20)13-15-6-4-3-5-7-15/h3-8,10,12,14,23H,2,9,11,13H2,1H3,(H2,24,25,27,30). The molecule has 0 saturated carbocycles. The van der Waals surface area contributed by atoms with E-state index in [1.807, 2.05) is 49.5 Å². The second-order valence-corrected chi connectivity index (χ2v) is 7.12. The van der Waals surface area contributed by atoms with Gasteiger partial charge in [-0.15, -0.1) is 5.10 Å². The van der Waals surface area contributed by atoms with E-state index in [2.05, 4.69) is 38.0 Å². The van der Waals surface area contributed by atoms with Crippen molar-refractivity contribution in [1.82, 2.24) is 25.2 Å². The lowest BCUT2D eigenvalue weighted by molar-refractivity contribution is -0.116. The number of carbonyl (C=O) groups is 1. The first kappa shape index (κ1) is 19.5. The molecule has 4 rings (SSSR count). The molecule has 0 aliphatic rings. The summed E-state index contributed by atoms with van der Waals surface area (Å²) in [7, 11) is 0. The van der Waals surface area contributed by atoms with Crippen LogP contribution in [0.1, 0.15) is 31.7 Å². The number of amides is 1. The van der Waals surface area contributed by atoms with Gasteiger partial charge in [0.05, 0.1) is 18.3 Å². The molecule has 0 bridgehead atoms. The molecule has 0 saturated heterocycles.